The molecule has 248 valence electrons. The summed E-state index contributed by atoms with van der Waals surface area (Å²) in [6.45, 7) is 3.71. The third kappa shape index (κ3) is 6.05. The number of ether oxygens (including phenoxy) is 2. The van der Waals surface area contributed by atoms with Crippen LogP contribution in [0.15, 0.2) is 66.7 Å². The maximum Gasteiger partial charge on any atom is 0.328 e. The number of anilines is 1. The summed E-state index contributed by atoms with van der Waals surface area (Å²) in [5.41, 5.74) is 5.37. The molecule has 2 heterocycles. The van der Waals surface area contributed by atoms with Gasteiger partial charge in [0.15, 0.2) is 0 Å². The summed E-state index contributed by atoms with van der Waals surface area (Å²) in [6.07, 6.45) is 10.5. The normalized spacial score (nSPS) is 17.0. The number of aliphatic carboxylic acids is 1. The molecule has 0 unspecified atom stereocenters. The number of amides is 2. The number of hydrogen-bond donors (Lipinski definition) is 3. The van der Waals surface area contributed by atoms with Gasteiger partial charge in [0.05, 0.1) is 18.8 Å². The largest absolute Gasteiger partial charge is 0.494 e. The molecule has 1 aromatic heterocycles. The van der Waals surface area contributed by atoms with E-state index in [1.54, 1.807) is 24.3 Å². The smallest absolute Gasteiger partial charge is 0.328 e. The van der Waals surface area contributed by atoms with Gasteiger partial charge in [-0.15, -0.1) is 0 Å². The number of carbonyl (C=O) groups is 3. The molecule has 4 aromatic rings. The number of carboxylic acid groups (broad SMARTS) is 1. The lowest BCUT2D eigenvalue weighted by molar-refractivity contribution is -0.131. The third-order valence-electron chi connectivity index (χ3n) is 10.1. The molecule has 9 nitrogen and oxygen atoms in total. The van der Waals surface area contributed by atoms with Crippen LogP contribution in [0.25, 0.3) is 28.2 Å². The number of carbonyl (C=O) groups excluding carboxylic acids is 2. The van der Waals surface area contributed by atoms with Gasteiger partial charge >= 0.3 is 5.97 Å². The highest BCUT2D eigenvalue weighted by atomic mass is 16.5. The van der Waals surface area contributed by atoms with Crippen molar-refractivity contribution < 1.29 is 29.0 Å². The van der Waals surface area contributed by atoms with Gasteiger partial charge in [0, 0.05) is 39.9 Å². The van der Waals surface area contributed by atoms with Gasteiger partial charge < -0.3 is 29.8 Å². The number of carboxylic acids is 1. The fourth-order valence-corrected chi connectivity index (χ4v) is 7.49. The van der Waals surface area contributed by atoms with Crippen molar-refractivity contribution in [1.82, 2.24) is 9.88 Å². The van der Waals surface area contributed by atoms with Crippen LogP contribution in [0.2, 0.25) is 0 Å². The Balaban J connectivity index is 1.19. The van der Waals surface area contributed by atoms with E-state index >= 15 is 0 Å². The van der Waals surface area contributed by atoms with E-state index in [0.29, 0.717) is 55.3 Å². The highest BCUT2D eigenvalue weighted by molar-refractivity contribution is 6.06. The van der Waals surface area contributed by atoms with Crippen molar-refractivity contribution in [1.29, 1.82) is 0 Å². The monoisotopic (exact) mass is 647 g/mol. The molecule has 3 aromatic carbocycles. The summed E-state index contributed by atoms with van der Waals surface area (Å²) < 4.78 is 14.4. The predicted octanol–water partition coefficient (Wildman–Crippen LogP) is 7.54. The van der Waals surface area contributed by atoms with E-state index in [1.807, 2.05) is 31.2 Å². The van der Waals surface area contributed by atoms with Gasteiger partial charge in [-0.2, -0.15) is 0 Å². The van der Waals surface area contributed by atoms with E-state index in [0.717, 1.165) is 47.9 Å². The van der Waals surface area contributed by atoms with E-state index in [2.05, 4.69) is 27.3 Å². The average Bonchev–Trinajstić information content (AvgIpc) is 3.27. The maximum absolute atomic E-state index is 13.9. The Labute approximate surface area is 279 Å². The van der Waals surface area contributed by atoms with Gasteiger partial charge in [0.25, 0.3) is 5.91 Å². The van der Waals surface area contributed by atoms with Crippen molar-refractivity contribution in [3.63, 3.8) is 0 Å². The summed E-state index contributed by atoms with van der Waals surface area (Å²) in [5, 5.41) is 16.1. The highest BCUT2D eigenvalue weighted by Gasteiger charge is 2.45. The van der Waals surface area contributed by atoms with Gasteiger partial charge in [0.1, 0.15) is 23.6 Å². The lowest BCUT2D eigenvalue weighted by Crippen LogP contribution is -2.61. The molecular weight excluding hydrogens is 606 g/mol. The summed E-state index contributed by atoms with van der Waals surface area (Å²) in [7, 11) is 0. The van der Waals surface area contributed by atoms with Crippen LogP contribution in [-0.2, 0) is 16.1 Å². The molecular formula is C39H41N3O6. The van der Waals surface area contributed by atoms with Crippen molar-refractivity contribution in [2.45, 2.75) is 76.3 Å². The molecule has 3 aliphatic rings. The zero-order chi connectivity index (χ0) is 33.3. The number of rotatable bonds is 9. The molecule has 48 heavy (non-hydrogen) atoms. The van der Waals surface area contributed by atoms with Crippen LogP contribution < -0.4 is 20.1 Å². The number of benzene rings is 3. The standard InChI is InChI=1S/C39H41N3O6/c1-2-47-29-15-17-31-33(24-29)48-22-21-42-32-23-27(12-16-30(32)35(36(31)42)26-7-4-3-5-8-26)37(45)41-39(19-6-20-39)38(46)40-28-13-9-25(10-14-28)11-18-34(43)44/h9-18,23-24,26H,2-8,19-22H2,1H3,(H,40,46)(H,41,45)(H,43,44)/b18-11+. The number of fused-ring (bicyclic) bond motifs is 5. The fourth-order valence-electron chi connectivity index (χ4n) is 7.49. The van der Waals surface area contributed by atoms with Gasteiger partial charge in [-0.1, -0.05) is 37.5 Å². The Bertz CT molecular complexity index is 1900. The minimum atomic E-state index is -1.03. The van der Waals surface area contributed by atoms with Crippen LogP contribution in [0, 0.1) is 0 Å². The lowest BCUT2D eigenvalue weighted by Gasteiger charge is -2.40. The molecule has 3 N–H and O–H groups in total. The number of nitrogens with one attached hydrogen (secondary N) is 2. The number of hydrogen-bond acceptors (Lipinski definition) is 5. The molecule has 9 heteroatoms. The summed E-state index contributed by atoms with van der Waals surface area (Å²) >= 11 is 0. The minimum absolute atomic E-state index is 0.256. The molecule has 2 fully saturated rings. The first-order valence-electron chi connectivity index (χ1n) is 17.1. The number of nitrogens with zero attached hydrogens (tertiary/aromatic N) is 1. The van der Waals surface area contributed by atoms with Gasteiger partial charge in [-0.3, -0.25) is 9.59 Å². The summed E-state index contributed by atoms with van der Waals surface area (Å²) in [6, 6.07) is 19.0. The second-order valence-corrected chi connectivity index (χ2v) is 13.1. The Hall–Kier alpha value is -5.05. The molecule has 0 atom stereocenters. The van der Waals surface area contributed by atoms with Crippen LogP contribution in [0.1, 0.15) is 85.7 Å². The second kappa shape index (κ2) is 13.2. The Kier molecular flexibility index (Phi) is 8.69. The first-order valence-corrected chi connectivity index (χ1v) is 17.1. The quantitative estimate of drug-likeness (QED) is 0.162. The molecule has 0 saturated heterocycles. The topological polar surface area (TPSA) is 119 Å². The molecule has 0 spiro atoms. The second-order valence-electron chi connectivity index (χ2n) is 13.1. The summed E-state index contributed by atoms with van der Waals surface area (Å²) in [4.78, 5) is 38.2. The minimum Gasteiger partial charge on any atom is -0.494 e. The van der Waals surface area contributed by atoms with Crippen LogP contribution in [0.5, 0.6) is 11.5 Å². The molecule has 0 radical (unpaired) electrons. The van der Waals surface area contributed by atoms with E-state index in [4.69, 9.17) is 14.6 Å². The first kappa shape index (κ1) is 31.5. The van der Waals surface area contributed by atoms with Crippen molar-refractivity contribution in [2.24, 2.45) is 0 Å². The molecule has 1 aliphatic heterocycles. The molecule has 0 bridgehead atoms. The highest BCUT2D eigenvalue weighted by Crippen LogP contribution is 2.48. The van der Waals surface area contributed by atoms with Crippen molar-refractivity contribution in [3.05, 3.63) is 83.4 Å². The zero-order valence-electron chi connectivity index (χ0n) is 27.2. The lowest BCUT2D eigenvalue weighted by atomic mass is 9.75. The van der Waals surface area contributed by atoms with Crippen LogP contribution in [-0.4, -0.2) is 46.2 Å². The van der Waals surface area contributed by atoms with Crippen LogP contribution in [0.4, 0.5) is 5.69 Å². The van der Waals surface area contributed by atoms with E-state index in [1.165, 1.54) is 42.0 Å². The molecule has 2 aliphatic carbocycles. The molecule has 7 rings (SSSR count). The van der Waals surface area contributed by atoms with E-state index < -0.39 is 11.5 Å². The fraction of sp³-hybridized carbons (Fsp3) is 0.359. The Morgan fingerprint density at radius 3 is 2.50 bits per heavy atom. The van der Waals surface area contributed by atoms with Gasteiger partial charge in [0.2, 0.25) is 5.91 Å². The summed E-state index contributed by atoms with van der Waals surface area (Å²) in [5.74, 6) is 0.483. The van der Waals surface area contributed by atoms with Crippen molar-refractivity contribution >= 4 is 40.4 Å². The van der Waals surface area contributed by atoms with E-state index in [-0.39, 0.29) is 11.8 Å². The molecule has 2 amide bonds. The predicted molar refractivity (Wildman–Crippen MR) is 186 cm³/mol. The third-order valence-corrected chi connectivity index (χ3v) is 10.1. The molecule has 2 saturated carbocycles. The van der Waals surface area contributed by atoms with E-state index in [9.17, 15) is 14.4 Å². The maximum atomic E-state index is 13.9. The van der Waals surface area contributed by atoms with Gasteiger partial charge in [-0.05, 0) is 98.5 Å². The van der Waals surface area contributed by atoms with Crippen LogP contribution in [0.3, 0.4) is 0 Å². The SMILES string of the molecule is CCOc1ccc2c(c1)OCCn1c-2c(C2CCCCC2)c2ccc(C(=O)NC3(C(=O)Nc4ccc(/C=C/C(=O)O)cc4)CCC3)cc21. The van der Waals surface area contributed by atoms with Crippen LogP contribution >= 0.6 is 0 Å². The Morgan fingerprint density at radius 1 is 1.00 bits per heavy atom. The number of aromatic nitrogens is 1. The van der Waals surface area contributed by atoms with Crippen molar-refractivity contribution in [3.8, 4) is 22.8 Å². The van der Waals surface area contributed by atoms with Crippen molar-refractivity contribution in [2.75, 3.05) is 18.5 Å². The zero-order valence-corrected chi connectivity index (χ0v) is 27.2. The Morgan fingerprint density at radius 2 is 1.79 bits per heavy atom. The average molecular weight is 648 g/mol. The first-order chi connectivity index (χ1) is 23.3. The van der Waals surface area contributed by atoms with Gasteiger partial charge in [-0.25, -0.2) is 4.79 Å².